The summed E-state index contributed by atoms with van der Waals surface area (Å²) in [6, 6.07) is 21.8. The summed E-state index contributed by atoms with van der Waals surface area (Å²) in [4.78, 5) is 12.7. The first kappa shape index (κ1) is 20.2. The van der Waals surface area contributed by atoms with Crippen LogP contribution in [0.25, 0.3) is 11.4 Å². The Morgan fingerprint density at radius 1 is 1.00 bits per heavy atom. The van der Waals surface area contributed by atoms with Gasteiger partial charge in [0.25, 0.3) is 5.91 Å². The molecule has 2 aromatic heterocycles. The van der Waals surface area contributed by atoms with Crippen LogP contribution in [0.1, 0.15) is 27.3 Å². The van der Waals surface area contributed by atoms with Crippen molar-refractivity contribution in [1.29, 1.82) is 0 Å². The third-order valence-electron chi connectivity index (χ3n) is 4.96. The number of hydrogen-bond acceptors (Lipinski definition) is 2. The van der Waals surface area contributed by atoms with Gasteiger partial charge in [-0.3, -0.25) is 4.79 Å². The number of aromatic nitrogens is 2. The second-order valence-corrected chi connectivity index (χ2v) is 8.19. The molecule has 150 valence electrons. The second kappa shape index (κ2) is 8.71. The molecule has 30 heavy (non-hydrogen) atoms. The first-order valence-corrected chi connectivity index (χ1v) is 10.6. The zero-order valence-corrected chi connectivity index (χ0v) is 18.9. The van der Waals surface area contributed by atoms with Gasteiger partial charge in [0.2, 0.25) is 0 Å². The molecule has 2 aromatic carbocycles. The third kappa shape index (κ3) is 4.09. The van der Waals surface area contributed by atoms with Crippen molar-refractivity contribution >= 4 is 34.7 Å². The highest BCUT2D eigenvalue weighted by molar-refractivity contribution is 14.1. The SMILES string of the molecule is Cc1cc(/C=N\NC(=O)c2ccccc2-n2cccc2)c(C)n1-c1ccc(I)cc1. The first-order valence-electron chi connectivity index (χ1n) is 9.55. The van der Waals surface area contributed by atoms with Crippen LogP contribution in [0.2, 0.25) is 0 Å². The smallest absolute Gasteiger partial charge is 0.273 e. The van der Waals surface area contributed by atoms with Crippen molar-refractivity contribution in [1.82, 2.24) is 14.6 Å². The molecule has 1 amide bonds. The van der Waals surface area contributed by atoms with E-state index in [0.29, 0.717) is 5.56 Å². The van der Waals surface area contributed by atoms with Crippen LogP contribution >= 0.6 is 22.6 Å². The van der Waals surface area contributed by atoms with Crippen molar-refractivity contribution in [2.24, 2.45) is 5.10 Å². The van der Waals surface area contributed by atoms with Gasteiger partial charge in [0.15, 0.2) is 0 Å². The number of carbonyl (C=O) groups excluding carboxylic acids is 1. The Hall–Kier alpha value is -3.13. The summed E-state index contributed by atoms with van der Waals surface area (Å²) in [5.74, 6) is -0.248. The molecule has 5 nitrogen and oxygen atoms in total. The Labute approximate surface area is 189 Å². The number of halogens is 1. The summed E-state index contributed by atoms with van der Waals surface area (Å²) in [6.45, 7) is 4.11. The van der Waals surface area contributed by atoms with Crippen LogP contribution in [-0.2, 0) is 0 Å². The van der Waals surface area contributed by atoms with E-state index >= 15 is 0 Å². The van der Waals surface area contributed by atoms with E-state index in [1.54, 1.807) is 12.3 Å². The van der Waals surface area contributed by atoms with E-state index in [1.807, 2.05) is 47.3 Å². The standard InChI is InChI=1S/C24H21IN4O/c1-17-15-19(18(2)29(17)21-11-9-20(25)10-12-21)16-26-27-24(30)22-7-3-4-8-23(22)28-13-5-6-14-28/h3-16H,1-2H3,(H,27,30)/b26-16-. The van der Waals surface area contributed by atoms with Crippen molar-refractivity contribution in [2.45, 2.75) is 13.8 Å². The molecular formula is C24H21IN4O. The van der Waals surface area contributed by atoms with Crippen LogP contribution in [0.15, 0.2) is 84.2 Å². The van der Waals surface area contributed by atoms with Crippen LogP contribution in [0.5, 0.6) is 0 Å². The molecule has 0 spiro atoms. The topological polar surface area (TPSA) is 51.3 Å². The first-order chi connectivity index (χ1) is 14.5. The molecule has 6 heteroatoms. The second-order valence-electron chi connectivity index (χ2n) is 6.94. The van der Waals surface area contributed by atoms with Gasteiger partial charge in [-0.05, 0) is 91.0 Å². The highest BCUT2D eigenvalue weighted by atomic mass is 127. The summed E-state index contributed by atoms with van der Waals surface area (Å²) in [7, 11) is 0. The van der Waals surface area contributed by atoms with Gasteiger partial charge in [-0.25, -0.2) is 5.43 Å². The summed E-state index contributed by atoms with van der Waals surface area (Å²) in [5.41, 5.74) is 8.29. The zero-order valence-electron chi connectivity index (χ0n) is 16.7. The van der Waals surface area contributed by atoms with Gasteiger partial charge >= 0.3 is 0 Å². The number of para-hydroxylation sites is 1. The summed E-state index contributed by atoms with van der Waals surface area (Å²) >= 11 is 2.30. The third-order valence-corrected chi connectivity index (χ3v) is 5.68. The number of amides is 1. The van der Waals surface area contributed by atoms with Crippen LogP contribution in [0, 0.1) is 17.4 Å². The van der Waals surface area contributed by atoms with Gasteiger partial charge in [0.1, 0.15) is 0 Å². The molecule has 0 aliphatic carbocycles. The molecule has 0 fully saturated rings. The lowest BCUT2D eigenvalue weighted by molar-refractivity contribution is 0.0955. The van der Waals surface area contributed by atoms with E-state index in [2.05, 4.69) is 81.9 Å². The molecule has 0 saturated carbocycles. The number of benzene rings is 2. The molecule has 4 aromatic rings. The van der Waals surface area contributed by atoms with Gasteiger partial charge in [-0.2, -0.15) is 5.10 Å². The Morgan fingerprint density at radius 2 is 1.70 bits per heavy atom. The zero-order chi connectivity index (χ0) is 21.1. The van der Waals surface area contributed by atoms with Crippen molar-refractivity contribution < 1.29 is 4.79 Å². The number of aryl methyl sites for hydroxylation is 1. The van der Waals surface area contributed by atoms with E-state index < -0.39 is 0 Å². The van der Waals surface area contributed by atoms with Gasteiger partial charge in [-0.15, -0.1) is 0 Å². The minimum atomic E-state index is -0.248. The number of rotatable bonds is 5. The van der Waals surface area contributed by atoms with Crippen LogP contribution in [0.3, 0.4) is 0 Å². The molecule has 0 bridgehead atoms. The molecule has 2 heterocycles. The van der Waals surface area contributed by atoms with Crippen LogP contribution in [-0.4, -0.2) is 21.3 Å². The van der Waals surface area contributed by atoms with Gasteiger partial charge < -0.3 is 9.13 Å². The molecule has 0 radical (unpaired) electrons. The number of hydrogen-bond donors (Lipinski definition) is 1. The van der Waals surface area contributed by atoms with Crippen LogP contribution in [0.4, 0.5) is 0 Å². The molecule has 0 unspecified atom stereocenters. The molecular weight excluding hydrogens is 487 g/mol. The van der Waals surface area contributed by atoms with Crippen molar-refractivity contribution in [2.75, 3.05) is 0 Å². The Morgan fingerprint density at radius 3 is 2.43 bits per heavy atom. The van der Waals surface area contributed by atoms with E-state index in [1.165, 1.54) is 3.57 Å². The molecule has 4 rings (SSSR count). The molecule has 0 aliphatic heterocycles. The van der Waals surface area contributed by atoms with E-state index in [-0.39, 0.29) is 5.91 Å². The van der Waals surface area contributed by atoms with Crippen molar-refractivity contribution in [3.63, 3.8) is 0 Å². The molecule has 1 N–H and O–H groups in total. The van der Waals surface area contributed by atoms with E-state index in [0.717, 1.165) is 28.3 Å². The maximum absolute atomic E-state index is 12.7. The number of carbonyl (C=O) groups is 1. The maximum atomic E-state index is 12.7. The lowest BCUT2D eigenvalue weighted by Crippen LogP contribution is -2.19. The van der Waals surface area contributed by atoms with Crippen molar-refractivity contribution in [3.05, 3.63) is 105 Å². The lowest BCUT2D eigenvalue weighted by atomic mass is 10.1. The average molecular weight is 508 g/mol. The quantitative estimate of drug-likeness (QED) is 0.224. The van der Waals surface area contributed by atoms with Crippen LogP contribution < -0.4 is 5.43 Å². The summed E-state index contributed by atoms with van der Waals surface area (Å²) < 4.78 is 5.29. The normalized spacial score (nSPS) is 11.2. The predicted molar refractivity (Wildman–Crippen MR) is 129 cm³/mol. The monoisotopic (exact) mass is 508 g/mol. The fourth-order valence-corrected chi connectivity index (χ4v) is 3.87. The lowest BCUT2D eigenvalue weighted by Gasteiger charge is -2.10. The van der Waals surface area contributed by atoms with Gasteiger partial charge in [-0.1, -0.05) is 12.1 Å². The summed E-state index contributed by atoms with van der Waals surface area (Å²) in [5, 5.41) is 4.22. The summed E-state index contributed by atoms with van der Waals surface area (Å²) in [6.07, 6.45) is 5.52. The van der Waals surface area contributed by atoms with E-state index in [9.17, 15) is 4.79 Å². The minimum absolute atomic E-state index is 0.248. The Balaban J connectivity index is 1.54. The van der Waals surface area contributed by atoms with Gasteiger partial charge in [0, 0.05) is 38.6 Å². The molecule has 0 atom stereocenters. The largest absolute Gasteiger partial charge is 0.323 e. The number of hydrazone groups is 1. The maximum Gasteiger partial charge on any atom is 0.273 e. The van der Waals surface area contributed by atoms with E-state index in [4.69, 9.17) is 0 Å². The average Bonchev–Trinajstić information content (AvgIpc) is 3.37. The predicted octanol–water partition coefficient (Wildman–Crippen LogP) is 5.25. The van der Waals surface area contributed by atoms with Crippen molar-refractivity contribution in [3.8, 4) is 11.4 Å². The highest BCUT2D eigenvalue weighted by Crippen LogP contribution is 2.21. The number of nitrogens with zero attached hydrogens (tertiary/aromatic N) is 3. The Bertz CT molecular complexity index is 1200. The molecule has 0 aliphatic rings. The highest BCUT2D eigenvalue weighted by Gasteiger charge is 2.12. The number of nitrogens with one attached hydrogen (secondary N) is 1. The fourth-order valence-electron chi connectivity index (χ4n) is 3.51. The Kier molecular flexibility index (Phi) is 5.85. The minimum Gasteiger partial charge on any atom is -0.323 e. The molecule has 0 saturated heterocycles. The fraction of sp³-hybridized carbons (Fsp3) is 0.0833. The van der Waals surface area contributed by atoms with Gasteiger partial charge in [0.05, 0.1) is 17.5 Å².